The summed E-state index contributed by atoms with van der Waals surface area (Å²) in [6.45, 7) is 7.15. The van der Waals surface area contributed by atoms with Crippen molar-refractivity contribution in [2.75, 3.05) is 0 Å². The van der Waals surface area contributed by atoms with E-state index in [-0.39, 0.29) is 18.2 Å². The highest BCUT2D eigenvalue weighted by Gasteiger charge is 2.19. The molecule has 0 aliphatic carbocycles. The van der Waals surface area contributed by atoms with Gasteiger partial charge in [-0.1, -0.05) is 0 Å². The average Bonchev–Trinajstić information content (AvgIpc) is 2.65. The van der Waals surface area contributed by atoms with Crippen LogP contribution in [-0.2, 0) is 4.74 Å². The van der Waals surface area contributed by atoms with E-state index < -0.39 is 11.7 Å². The van der Waals surface area contributed by atoms with Gasteiger partial charge in [-0.2, -0.15) is 0 Å². The second kappa shape index (κ2) is 5.71. The molecule has 0 fully saturated rings. The predicted octanol–water partition coefficient (Wildman–Crippen LogP) is 2.50. The number of carbonyl (C=O) groups excluding carboxylic acids is 2. The van der Waals surface area contributed by atoms with Crippen LogP contribution < -0.4 is 5.32 Å². The second-order valence-electron chi connectivity index (χ2n) is 5.26. The van der Waals surface area contributed by atoms with Gasteiger partial charge >= 0.3 is 6.09 Å². The van der Waals surface area contributed by atoms with E-state index in [2.05, 4.69) is 10.3 Å². The highest BCUT2D eigenvalue weighted by atomic mass is 16.6. The van der Waals surface area contributed by atoms with Crippen molar-refractivity contribution in [2.45, 2.75) is 45.8 Å². The molecule has 0 radical (unpaired) electrons. The van der Waals surface area contributed by atoms with E-state index in [0.717, 1.165) is 0 Å². The van der Waals surface area contributed by atoms with Crippen molar-refractivity contribution < 1.29 is 14.3 Å². The zero-order valence-electron chi connectivity index (χ0n) is 11.2. The molecule has 0 aliphatic heterocycles. The molecule has 2 N–H and O–H groups in total. The Morgan fingerprint density at radius 3 is 2.61 bits per heavy atom. The third-order valence-corrected chi connectivity index (χ3v) is 2.15. The number of ketones is 1. The van der Waals surface area contributed by atoms with Gasteiger partial charge in [0.25, 0.3) is 0 Å². The number of nitrogens with one attached hydrogen (secondary N) is 2. The Labute approximate surface area is 107 Å². The third kappa shape index (κ3) is 5.03. The molecule has 5 nitrogen and oxygen atoms in total. The maximum absolute atomic E-state index is 11.8. The molecule has 0 bridgehead atoms. The van der Waals surface area contributed by atoms with E-state index in [1.54, 1.807) is 46.0 Å². The first-order chi connectivity index (χ1) is 8.28. The predicted molar refractivity (Wildman–Crippen MR) is 68.6 cm³/mol. The summed E-state index contributed by atoms with van der Waals surface area (Å²) in [6.07, 6.45) is 1.42. The van der Waals surface area contributed by atoms with Crippen LogP contribution in [0, 0.1) is 0 Å². The molecular weight excluding hydrogens is 232 g/mol. The van der Waals surface area contributed by atoms with Gasteiger partial charge in [0.1, 0.15) is 5.60 Å². The number of rotatable bonds is 4. The van der Waals surface area contributed by atoms with E-state index in [1.807, 2.05) is 0 Å². The van der Waals surface area contributed by atoms with Crippen LogP contribution in [0.15, 0.2) is 18.3 Å². The summed E-state index contributed by atoms with van der Waals surface area (Å²) >= 11 is 0. The zero-order valence-corrected chi connectivity index (χ0v) is 11.2. The molecule has 18 heavy (non-hydrogen) atoms. The lowest BCUT2D eigenvalue weighted by atomic mass is 10.1. The fraction of sp³-hybridized carbons (Fsp3) is 0.538. The summed E-state index contributed by atoms with van der Waals surface area (Å²) in [5.74, 6) is -0.0384. The summed E-state index contributed by atoms with van der Waals surface area (Å²) in [4.78, 5) is 26.1. The topological polar surface area (TPSA) is 71.2 Å². The molecule has 0 unspecified atom stereocenters. The number of carbonyl (C=O) groups is 2. The van der Waals surface area contributed by atoms with Crippen molar-refractivity contribution in [1.82, 2.24) is 10.3 Å². The van der Waals surface area contributed by atoms with Gasteiger partial charge in [0.2, 0.25) is 0 Å². The van der Waals surface area contributed by atoms with Crippen LogP contribution in [0.3, 0.4) is 0 Å². The molecule has 1 heterocycles. The van der Waals surface area contributed by atoms with Gasteiger partial charge in [-0.3, -0.25) is 4.79 Å². The van der Waals surface area contributed by atoms with E-state index in [1.165, 1.54) is 0 Å². The maximum atomic E-state index is 11.8. The molecular formula is C13H20N2O3. The number of amides is 1. The molecule has 5 heteroatoms. The molecule has 100 valence electrons. The Balaban J connectivity index is 2.40. The summed E-state index contributed by atoms with van der Waals surface area (Å²) in [5.41, 5.74) is 0.0145. The fourth-order valence-electron chi connectivity index (χ4n) is 1.45. The molecule has 1 aromatic heterocycles. The normalized spacial score (nSPS) is 12.9. The minimum absolute atomic E-state index is 0.0384. The van der Waals surface area contributed by atoms with Crippen molar-refractivity contribution in [1.29, 1.82) is 0 Å². The Morgan fingerprint density at radius 1 is 1.44 bits per heavy atom. The number of aromatic amines is 1. The number of Topliss-reactive ketones (excluding diaryl/α,β-unsaturated/α-hetero) is 1. The number of hydrogen-bond donors (Lipinski definition) is 2. The van der Waals surface area contributed by atoms with Crippen LogP contribution in [0.1, 0.15) is 44.6 Å². The summed E-state index contributed by atoms with van der Waals surface area (Å²) in [6, 6.07) is 3.21. The van der Waals surface area contributed by atoms with E-state index >= 15 is 0 Å². The zero-order chi connectivity index (χ0) is 13.8. The number of hydrogen-bond acceptors (Lipinski definition) is 3. The molecule has 1 rings (SSSR count). The number of ether oxygens (including phenoxy) is 1. The summed E-state index contributed by atoms with van der Waals surface area (Å²) in [7, 11) is 0. The number of alkyl carbamates (subject to hydrolysis) is 1. The number of aromatic nitrogens is 1. The standard InChI is InChI=1S/C13H20N2O3/c1-9(15-12(17)18-13(2,3)4)8-11(16)10-6-5-7-14-10/h5-7,9,14H,8H2,1-4H3,(H,15,17)/t9-/m1/s1. The molecule has 0 saturated carbocycles. The summed E-state index contributed by atoms with van der Waals surface area (Å²) < 4.78 is 5.11. The maximum Gasteiger partial charge on any atom is 0.407 e. The second-order valence-corrected chi connectivity index (χ2v) is 5.26. The van der Waals surface area contributed by atoms with Crippen LogP contribution in [0.25, 0.3) is 0 Å². The van der Waals surface area contributed by atoms with Gasteiger partial charge in [0, 0.05) is 18.7 Å². The van der Waals surface area contributed by atoms with Crippen molar-refractivity contribution >= 4 is 11.9 Å². The largest absolute Gasteiger partial charge is 0.444 e. The van der Waals surface area contributed by atoms with Gasteiger partial charge in [-0.15, -0.1) is 0 Å². The molecule has 0 spiro atoms. The molecule has 0 saturated heterocycles. The van der Waals surface area contributed by atoms with Gasteiger partial charge in [0.05, 0.1) is 5.69 Å². The van der Waals surface area contributed by atoms with E-state index in [0.29, 0.717) is 5.69 Å². The molecule has 0 aliphatic rings. The first-order valence-electron chi connectivity index (χ1n) is 5.94. The molecule has 0 aromatic carbocycles. The van der Waals surface area contributed by atoms with Crippen LogP contribution in [0.2, 0.25) is 0 Å². The van der Waals surface area contributed by atoms with Gasteiger partial charge in [-0.25, -0.2) is 4.79 Å². The van der Waals surface area contributed by atoms with E-state index in [4.69, 9.17) is 4.74 Å². The first kappa shape index (κ1) is 14.3. The first-order valence-corrected chi connectivity index (χ1v) is 5.94. The van der Waals surface area contributed by atoms with E-state index in [9.17, 15) is 9.59 Å². The third-order valence-electron chi connectivity index (χ3n) is 2.15. The lowest BCUT2D eigenvalue weighted by Crippen LogP contribution is -2.38. The van der Waals surface area contributed by atoms with Gasteiger partial charge in [-0.05, 0) is 39.8 Å². The Bertz CT molecular complexity index is 404. The summed E-state index contributed by atoms with van der Waals surface area (Å²) in [5, 5.41) is 2.63. The highest BCUT2D eigenvalue weighted by molar-refractivity contribution is 5.94. The van der Waals surface area contributed by atoms with Crippen molar-refractivity contribution in [3.05, 3.63) is 24.0 Å². The smallest absolute Gasteiger partial charge is 0.407 e. The van der Waals surface area contributed by atoms with Crippen LogP contribution in [-0.4, -0.2) is 28.5 Å². The number of H-pyrrole nitrogens is 1. The van der Waals surface area contributed by atoms with Crippen LogP contribution in [0.4, 0.5) is 4.79 Å². The van der Waals surface area contributed by atoms with Gasteiger partial charge in [0.15, 0.2) is 5.78 Å². The van der Waals surface area contributed by atoms with Crippen LogP contribution in [0.5, 0.6) is 0 Å². The minimum atomic E-state index is -0.534. The molecule has 1 aromatic rings. The SMILES string of the molecule is C[C@H](CC(=O)c1ccc[nH]1)NC(=O)OC(C)(C)C. The highest BCUT2D eigenvalue weighted by Crippen LogP contribution is 2.08. The monoisotopic (exact) mass is 252 g/mol. The van der Waals surface area contributed by atoms with Crippen molar-refractivity contribution in [3.8, 4) is 0 Å². The molecule has 1 amide bonds. The molecule has 1 atom stereocenters. The Kier molecular flexibility index (Phi) is 4.53. The van der Waals surface area contributed by atoms with Crippen LogP contribution >= 0.6 is 0 Å². The van der Waals surface area contributed by atoms with Crippen molar-refractivity contribution in [3.63, 3.8) is 0 Å². The Hall–Kier alpha value is -1.78. The minimum Gasteiger partial charge on any atom is -0.444 e. The Morgan fingerprint density at radius 2 is 2.11 bits per heavy atom. The average molecular weight is 252 g/mol. The lowest BCUT2D eigenvalue weighted by Gasteiger charge is -2.21. The van der Waals surface area contributed by atoms with Gasteiger partial charge < -0.3 is 15.0 Å². The fourth-order valence-corrected chi connectivity index (χ4v) is 1.45. The van der Waals surface area contributed by atoms with Crippen molar-refractivity contribution in [2.24, 2.45) is 0 Å². The quantitative estimate of drug-likeness (QED) is 0.809. The lowest BCUT2D eigenvalue weighted by molar-refractivity contribution is 0.0506.